The number of ether oxygens (including phenoxy) is 1. The largest absolute Gasteiger partial charge is 0.493 e. The highest BCUT2D eigenvalue weighted by atomic mass is 19.1. The second kappa shape index (κ2) is 9.56. The molecule has 0 aliphatic carbocycles. The minimum absolute atomic E-state index is 0.0702. The summed E-state index contributed by atoms with van der Waals surface area (Å²) in [7, 11) is 0. The van der Waals surface area contributed by atoms with E-state index in [0.717, 1.165) is 0 Å². The fourth-order valence-corrected chi connectivity index (χ4v) is 2.36. The average molecular weight is 358 g/mol. The summed E-state index contributed by atoms with van der Waals surface area (Å²) in [5.41, 5.74) is 0.486. The van der Waals surface area contributed by atoms with Gasteiger partial charge >= 0.3 is 0 Å². The maximum Gasteiger partial charge on any atom is 0.244 e. The summed E-state index contributed by atoms with van der Waals surface area (Å²) in [5, 5.41) is 2.66. The summed E-state index contributed by atoms with van der Waals surface area (Å²) < 4.78 is 18.4. The zero-order valence-corrected chi connectivity index (χ0v) is 14.9. The van der Waals surface area contributed by atoms with Gasteiger partial charge in [-0.05, 0) is 50.2 Å². The lowest BCUT2D eigenvalue weighted by Gasteiger charge is -2.26. The zero-order chi connectivity index (χ0) is 18.9. The monoisotopic (exact) mass is 358 g/mol. The lowest BCUT2D eigenvalue weighted by atomic mass is 10.2. The Kier molecular flexibility index (Phi) is 7.14. The number of nitrogens with zero attached hydrogens (tertiary/aromatic N) is 1. The van der Waals surface area contributed by atoms with Crippen LogP contribution in [0.1, 0.15) is 20.3 Å². The standard InChI is InChI=1S/C20H23FN2O3/c1-15(2)23(14-19(24)22-17-10-8-16(21)9-11-17)20(25)12-13-26-18-6-4-3-5-7-18/h3-11,15H,12-14H2,1-2H3,(H,22,24). The molecule has 0 aromatic heterocycles. The molecular formula is C20H23FN2O3. The van der Waals surface area contributed by atoms with Crippen molar-refractivity contribution in [1.29, 1.82) is 0 Å². The van der Waals surface area contributed by atoms with E-state index in [9.17, 15) is 14.0 Å². The van der Waals surface area contributed by atoms with E-state index in [-0.39, 0.29) is 43.2 Å². The minimum atomic E-state index is -0.375. The number of rotatable bonds is 8. The summed E-state index contributed by atoms with van der Waals surface area (Å²) in [5.74, 6) is -0.168. The second-order valence-corrected chi connectivity index (χ2v) is 6.08. The molecule has 0 aliphatic rings. The highest BCUT2D eigenvalue weighted by Gasteiger charge is 2.20. The molecule has 2 rings (SSSR count). The molecule has 0 unspecified atom stereocenters. The van der Waals surface area contributed by atoms with E-state index in [0.29, 0.717) is 11.4 Å². The van der Waals surface area contributed by atoms with Gasteiger partial charge in [0.1, 0.15) is 18.1 Å². The Morgan fingerprint density at radius 1 is 1.08 bits per heavy atom. The van der Waals surface area contributed by atoms with Crippen molar-refractivity contribution in [2.75, 3.05) is 18.5 Å². The van der Waals surface area contributed by atoms with Crippen molar-refractivity contribution in [2.45, 2.75) is 26.3 Å². The molecular weight excluding hydrogens is 335 g/mol. The van der Waals surface area contributed by atoms with Crippen LogP contribution in [0.3, 0.4) is 0 Å². The fourth-order valence-electron chi connectivity index (χ4n) is 2.36. The van der Waals surface area contributed by atoms with Crippen LogP contribution in [0.15, 0.2) is 54.6 Å². The Morgan fingerprint density at radius 2 is 1.73 bits per heavy atom. The van der Waals surface area contributed by atoms with E-state index < -0.39 is 0 Å². The van der Waals surface area contributed by atoms with E-state index >= 15 is 0 Å². The normalized spacial score (nSPS) is 10.5. The molecule has 2 amide bonds. The molecule has 0 heterocycles. The Labute approximate surface area is 152 Å². The highest BCUT2D eigenvalue weighted by Crippen LogP contribution is 2.11. The number of amides is 2. The van der Waals surface area contributed by atoms with E-state index in [2.05, 4.69) is 5.32 Å². The first-order chi connectivity index (χ1) is 12.5. The van der Waals surface area contributed by atoms with Crippen molar-refractivity contribution >= 4 is 17.5 Å². The van der Waals surface area contributed by atoms with Gasteiger partial charge in [-0.3, -0.25) is 9.59 Å². The van der Waals surface area contributed by atoms with Crippen molar-refractivity contribution < 1.29 is 18.7 Å². The quantitative estimate of drug-likeness (QED) is 0.786. The van der Waals surface area contributed by atoms with Gasteiger partial charge in [-0.1, -0.05) is 18.2 Å². The molecule has 0 radical (unpaired) electrons. The summed E-state index contributed by atoms with van der Waals surface area (Å²) in [6.45, 7) is 3.87. The number of halogens is 1. The van der Waals surface area contributed by atoms with E-state index in [1.165, 1.54) is 29.2 Å². The molecule has 0 spiro atoms. The molecule has 0 atom stereocenters. The molecule has 0 fully saturated rings. The average Bonchev–Trinajstić information content (AvgIpc) is 2.62. The third-order valence-electron chi connectivity index (χ3n) is 3.71. The Hall–Kier alpha value is -2.89. The van der Waals surface area contributed by atoms with Crippen molar-refractivity contribution in [2.24, 2.45) is 0 Å². The Balaban J connectivity index is 1.85. The molecule has 26 heavy (non-hydrogen) atoms. The van der Waals surface area contributed by atoms with Gasteiger partial charge in [-0.25, -0.2) is 4.39 Å². The molecule has 1 N–H and O–H groups in total. The summed E-state index contributed by atoms with van der Waals surface area (Å²) >= 11 is 0. The topological polar surface area (TPSA) is 58.6 Å². The smallest absolute Gasteiger partial charge is 0.244 e. The van der Waals surface area contributed by atoms with Crippen molar-refractivity contribution in [3.05, 3.63) is 60.4 Å². The van der Waals surface area contributed by atoms with Gasteiger partial charge < -0.3 is 15.0 Å². The molecule has 2 aromatic rings. The van der Waals surface area contributed by atoms with Gasteiger partial charge in [0, 0.05) is 11.7 Å². The first-order valence-electron chi connectivity index (χ1n) is 8.48. The van der Waals surface area contributed by atoms with Crippen LogP contribution in [0.25, 0.3) is 0 Å². The molecule has 0 bridgehead atoms. The maximum atomic E-state index is 12.9. The van der Waals surface area contributed by atoms with Gasteiger partial charge in [0.05, 0.1) is 13.0 Å². The minimum Gasteiger partial charge on any atom is -0.493 e. The Morgan fingerprint density at radius 3 is 2.35 bits per heavy atom. The van der Waals surface area contributed by atoms with Gasteiger partial charge in [0.15, 0.2) is 0 Å². The van der Waals surface area contributed by atoms with Gasteiger partial charge in [0.2, 0.25) is 11.8 Å². The van der Waals surface area contributed by atoms with Crippen molar-refractivity contribution in [3.63, 3.8) is 0 Å². The molecule has 6 heteroatoms. The van der Waals surface area contributed by atoms with Crippen LogP contribution in [0, 0.1) is 5.82 Å². The molecule has 0 saturated heterocycles. The summed E-state index contributed by atoms with van der Waals surface area (Å²) in [6.07, 6.45) is 0.177. The third-order valence-corrected chi connectivity index (χ3v) is 3.71. The van der Waals surface area contributed by atoms with Gasteiger partial charge in [0.25, 0.3) is 0 Å². The van der Waals surface area contributed by atoms with Crippen LogP contribution < -0.4 is 10.1 Å². The number of para-hydroxylation sites is 1. The number of anilines is 1. The predicted octanol–water partition coefficient (Wildman–Crippen LogP) is 3.47. The van der Waals surface area contributed by atoms with E-state index in [1.54, 1.807) is 0 Å². The van der Waals surface area contributed by atoms with Crippen LogP contribution in [0.4, 0.5) is 10.1 Å². The predicted molar refractivity (Wildman–Crippen MR) is 98.4 cm³/mol. The Bertz CT molecular complexity index is 718. The third kappa shape index (κ3) is 6.20. The highest BCUT2D eigenvalue weighted by molar-refractivity contribution is 5.94. The lowest BCUT2D eigenvalue weighted by molar-refractivity contribution is -0.136. The van der Waals surface area contributed by atoms with Gasteiger partial charge in [-0.2, -0.15) is 0 Å². The van der Waals surface area contributed by atoms with Crippen LogP contribution in [0.5, 0.6) is 5.75 Å². The summed E-state index contributed by atoms with van der Waals surface area (Å²) in [6, 6.07) is 14.6. The molecule has 0 saturated carbocycles. The van der Waals surface area contributed by atoms with E-state index in [4.69, 9.17) is 4.74 Å². The molecule has 0 aliphatic heterocycles. The number of nitrogens with one attached hydrogen (secondary N) is 1. The van der Waals surface area contributed by atoms with Crippen LogP contribution >= 0.6 is 0 Å². The number of carbonyl (C=O) groups is 2. The fraction of sp³-hybridized carbons (Fsp3) is 0.300. The first-order valence-corrected chi connectivity index (χ1v) is 8.48. The number of hydrogen-bond acceptors (Lipinski definition) is 3. The SMILES string of the molecule is CC(C)N(CC(=O)Nc1ccc(F)cc1)C(=O)CCOc1ccccc1. The van der Waals surface area contributed by atoms with Crippen molar-refractivity contribution in [3.8, 4) is 5.75 Å². The first kappa shape index (κ1) is 19.4. The molecule has 138 valence electrons. The maximum absolute atomic E-state index is 12.9. The van der Waals surface area contributed by atoms with Gasteiger partial charge in [-0.15, -0.1) is 0 Å². The number of hydrogen-bond donors (Lipinski definition) is 1. The van der Waals surface area contributed by atoms with Crippen LogP contribution in [0.2, 0.25) is 0 Å². The van der Waals surface area contributed by atoms with E-state index in [1.807, 2.05) is 44.2 Å². The lowest BCUT2D eigenvalue weighted by Crippen LogP contribution is -2.42. The zero-order valence-electron chi connectivity index (χ0n) is 14.9. The van der Waals surface area contributed by atoms with Crippen molar-refractivity contribution in [1.82, 2.24) is 4.90 Å². The molecule has 2 aromatic carbocycles. The summed E-state index contributed by atoms with van der Waals surface area (Å²) in [4.78, 5) is 26.1. The number of carbonyl (C=O) groups excluding carboxylic acids is 2. The number of benzene rings is 2. The molecule has 5 nitrogen and oxygen atoms in total. The van der Waals surface area contributed by atoms with Crippen LogP contribution in [-0.4, -0.2) is 35.9 Å². The second-order valence-electron chi connectivity index (χ2n) is 6.08. The van der Waals surface area contributed by atoms with Crippen LogP contribution in [-0.2, 0) is 9.59 Å².